The van der Waals surface area contributed by atoms with Crippen LogP contribution in [0.25, 0.3) is 6.08 Å². The van der Waals surface area contributed by atoms with Gasteiger partial charge in [0.1, 0.15) is 0 Å². The number of ether oxygens (including phenoxy) is 1. The van der Waals surface area contributed by atoms with E-state index in [4.69, 9.17) is 4.74 Å². The number of cyclic esters (lactones) is 1. The van der Waals surface area contributed by atoms with Crippen LogP contribution in [0.4, 0.5) is 24.5 Å². The molecule has 30 heavy (non-hydrogen) atoms. The van der Waals surface area contributed by atoms with E-state index in [1.165, 1.54) is 37.3 Å². The largest absolute Gasteiger partial charge is 0.471 e. The van der Waals surface area contributed by atoms with E-state index in [9.17, 15) is 27.6 Å². The number of nitrogens with one attached hydrogen (secondary N) is 2. The lowest BCUT2D eigenvalue weighted by Gasteiger charge is -2.08. The molecule has 3 rings (SSSR count). The molecule has 2 aromatic carbocycles. The van der Waals surface area contributed by atoms with Gasteiger partial charge in [-0.2, -0.15) is 13.2 Å². The molecule has 1 aliphatic heterocycles. The monoisotopic (exact) mass is 417 g/mol. The van der Waals surface area contributed by atoms with Crippen LogP contribution in [0.2, 0.25) is 0 Å². The Morgan fingerprint density at radius 3 is 2.37 bits per heavy atom. The van der Waals surface area contributed by atoms with Crippen LogP contribution in [0.5, 0.6) is 0 Å². The molecule has 154 valence electrons. The van der Waals surface area contributed by atoms with Crippen LogP contribution in [-0.2, 0) is 19.1 Å². The number of amides is 2. The van der Waals surface area contributed by atoms with Crippen LogP contribution in [0.1, 0.15) is 18.1 Å². The van der Waals surface area contributed by atoms with Gasteiger partial charge in [0.2, 0.25) is 11.8 Å². The first-order valence-corrected chi connectivity index (χ1v) is 8.50. The summed E-state index contributed by atoms with van der Waals surface area (Å²) in [5, 5.41) is 4.34. The summed E-state index contributed by atoms with van der Waals surface area (Å²) in [7, 11) is 0. The Kier molecular flexibility index (Phi) is 5.67. The molecule has 2 amide bonds. The van der Waals surface area contributed by atoms with Crippen LogP contribution < -0.4 is 10.6 Å². The lowest BCUT2D eigenvalue weighted by Crippen LogP contribution is -2.29. The summed E-state index contributed by atoms with van der Waals surface area (Å²) in [6.45, 7) is 1.37. The average Bonchev–Trinajstić information content (AvgIpc) is 3.02. The summed E-state index contributed by atoms with van der Waals surface area (Å²) in [6.07, 6.45) is -3.69. The minimum atomic E-state index is -5.02. The van der Waals surface area contributed by atoms with Gasteiger partial charge in [-0.3, -0.25) is 9.59 Å². The minimum Gasteiger partial charge on any atom is -0.402 e. The standard InChI is InChI=1S/C20H14F3N3O4/c1-11(27)24-14-7-5-13(6-8-14)17-26-16(18(28)30-17)10-12-3-2-4-15(9-12)25-19(29)20(21,22)23/h2-10H,1H3,(H,24,27)(H,25,29)/b16-10-. The van der Waals surface area contributed by atoms with Crippen molar-refractivity contribution in [3.05, 3.63) is 65.4 Å². The number of benzene rings is 2. The van der Waals surface area contributed by atoms with Gasteiger partial charge in [0, 0.05) is 23.9 Å². The summed E-state index contributed by atoms with van der Waals surface area (Å²) >= 11 is 0. The fraction of sp³-hybridized carbons (Fsp3) is 0.100. The maximum atomic E-state index is 12.4. The number of carbonyl (C=O) groups is 3. The van der Waals surface area contributed by atoms with Gasteiger partial charge >= 0.3 is 18.1 Å². The number of hydrogen-bond donors (Lipinski definition) is 2. The molecule has 0 spiro atoms. The molecule has 0 saturated heterocycles. The maximum Gasteiger partial charge on any atom is 0.471 e. The zero-order valence-electron chi connectivity index (χ0n) is 15.4. The quantitative estimate of drug-likeness (QED) is 0.588. The Balaban J connectivity index is 1.80. The molecule has 0 fully saturated rings. The van der Waals surface area contributed by atoms with E-state index in [1.807, 2.05) is 0 Å². The third-order valence-corrected chi connectivity index (χ3v) is 3.78. The number of rotatable bonds is 4. The highest BCUT2D eigenvalue weighted by molar-refractivity contribution is 6.13. The van der Waals surface area contributed by atoms with Crippen LogP contribution in [-0.4, -0.2) is 29.9 Å². The molecule has 0 unspecified atom stereocenters. The normalized spacial score (nSPS) is 14.9. The molecule has 0 aromatic heterocycles. The first-order chi connectivity index (χ1) is 14.1. The summed E-state index contributed by atoms with van der Waals surface area (Å²) in [6, 6.07) is 11.9. The Bertz CT molecular complexity index is 1070. The van der Waals surface area contributed by atoms with Crippen molar-refractivity contribution in [3.8, 4) is 0 Å². The zero-order chi connectivity index (χ0) is 21.9. The molecule has 0 radical (unpaired) electrons. The van der Waals surface area contributed by atoms with Crippen LogP contribution >= 0.6 is 0 Å². The van der Waals surface area contributed by atoms with Gasteiger partial charge in [0.25, 0.3) is 0 Å². The highest BCUT2D eigenvalue weighted by Crippen LogP contribution is 2.23. The Hall–Kier alpha value is -3.95. The van der Waals surface area contributed by atoms with Gasteiger partial charge in [-0.15, -0.1) is 0 Å². The number of esters is 1. The van der Waals surface area contributed by atoms with Gasteiger partial charge in [-0.1, -0.05) is 12.1 Å². The number of hydrogen-bond acceptors (Lipinski definition) is 5. The second kappa shape index (κ2) is 8.19. The second-order valence-corrected chi connectivity index (χ2v) is 6.17. The fourth-order valence-electron chi connectivity index (χ4n) is 2.50. The van der Waals surface area contributed by atoms with Crippen molar-refractivity contribution in [3.63, 3.8) is 0 Å². The van der Waals surface area contributed by atoms with Gasteiger partial charge in [0.15, 0.2) is 5.70 Å². The first-order valence-electron chi connectivity index (χ1n) is 8.50. The van der Waals surface area contributed by atoms with Gasteiger partial charge in [0.05, 0.1) is 0 Å². The van der Waals surface area contributed by atoms with Crippen molar-refractivity contribution in [1.82, 2.24) is 0 Å². The number of nitrogens with zero attached hydrogens (tertiary/aromatic N) is 1. The van der Waals surface area contributed by atoms with Crippen molar-refractivity contribution < 1.29 is 32.3 Å². The summed E-state index contributed by atoms with van der Waals surface area (Å²) in [4.78, 5) is 38.3. The highest BCUT2D eigenvalue weighted by Gasteiger charge is 2.38. The minimum absolute atomic E-state index is 0.0437. The molecule has 0 saturated carbocycles. The predicted octanol–water partition coefficient (Wildman–Crippen LogP) is 3.49. The lowest BCUT2D eigenvalue weighted by atomic mass is 10.1. The number of aliphatic imine (C=N–C) groups is 1. The zero-order valence-corrected chi connectivity index (χ0v) is 15.4. The molecular weight excluding hydrogens is 403 g/mol. The summed E-state index contributed by atoms with van der Waals surface area (Å²) < 4.78 is 42.3. The highest BCUT2D eigenvalue weighted by atomic mass is 19.4. The third-order valence-electron chi connectivity index (χ3n) is 3.78. The summed E-state index contributed by atoms with van der Waals surface area (Å²) in [5.74, 6) is -3.02. The molecular formula is C20H14F3N3O4. The molecule has 1 heterocycles. The number of alkyl halides is 3. The van der Waals surface area contributed by atoms with E-state index in [1.54, 1.807) is 29.6 Å². The van der Waals surface area contributed by atoms with Crippen LogP contribution in [0.15, 0.2) is 59.2 Å². The van der Waals surface area contributed by atoms with Crippen molar-refractivity contribution >= 4 is 41.1 Å². The van der Waals surface area contributed by atoms with E-state index >= 15 is 0 Å². The molecule has 2 N–H and O–H groups in total. The first kappa shape index (κ1) is 20.8. The fourth-order valence-corrected chi connectivity index (χ4v) is 2.50. The number of anilines is 2. The van der Waals surface area contributed by atoms with Crippen LogP contribution in [0, 0.1) is 0 Å². The van der Waals surface area contributed by atoms with Gasteiger partial charge < -0.3 is 15.4 Å². The predicted molar refractivity (Wildman–Crippen MR) is 102 cm³/mol. The van der Waals surface area contributed by atoms with E-state index in [2.05, 4.69) is 10.3 Å². The molecule has 0 bridgehead atoms. The Labute approximate surface area is 168 Å². The van der Waals surface area contributed by atoms with E-state index in [0.29, 0.717) is 16.8 Å². The SMILES string of the molecule is CC(=O)Nc1ccc(C2=N/C(=C\c3cccc(NC(=O)C(F)(F)F)c3)C(=O)O2)cc1. The molecule has 10 heteroatoms. The molecule has 2 aromatic rings. The average molecular weight is 417 g/mol. The Morgan fingerprint density at radius 1 is 1.03 bits per heavy atom. The lowest BCUT2D eigenvalue weighted by molar-refractivity contribution is -0.167. The van der Waals surface area contributed by atoms with Crippen molar-refractivity contribution in [2.45, 2.75) is 13.1 Å². The van der Waals surface area contributed by atoms with Crippen molar-refractivity contribution in [2.24, 2.45) is 4.99 Å². The molecule has 0 aliphatic carbocycles. The third kappa shape index (κ3) is 5.10. The molecule has 7 nitrogen and oxygen atoms in total. The number of carbonyl (C=O) groups excluding carboxylic acids is 3. The van der Waals surface area contributed by atoms with E-state index < -0.39 is 18.1 Å². The van der Waals surface area contributed by atoms with Crippen molar-refractivity contribution in [2.75, 3.05) is 10.6 Å². The molecule has 1 aliphatic rings. The van der Waals surface area contributed by atoms with E-state index in [0.717, 1.165) is 0 Å². The second-order valence-electron chi connectivity index (χ2n) is 6.17. The van der Waals surface area contributed by atoms with Gasteiger partial charge in [-0.05, 0) is 48.0 Å². The molecule has 0 atom stereocenters. The summed E-state index contributed by atoms with van der Waals surface area (Å²) in [5.41, 5.74) is 1.25. The van der Waals surface area contributed by atoms with Gasteiger partial charge in [-0.25, -0.2) is 9.79 Å². The Morgan fingerprint density at radius 2 is 1.73 bits per heavy atom. The smallest absolute Gasteiger partial charge is 0.402 e. The van der Waals surface area contributed by atoms with Crippen LogP contribution in [0.3, 0.4) is 0 Å². The van der Waals surface area contributed by atoms with Crippen molar-refractivity contribution in [1.29, 1.82) is 0 Å². The number of halogens is 3. The topological polar surface area (TPSA) is 96.9 Å². The van der Waals surface area contributed by atoms with E-state index in [-0.39, 0.29) is 23.2 Å². The maximum absolute atomic E-state index is 12.4.